The molecule has 0 unspecified atom stereocenters. The van der Waals surface area contributed by atoms with Crippen molar-refractivity contribution in [1.29, 1.82) is 0 Å². The van der Waals surface area contributed by atoms with Crippen LogP contribution in [0.2, 0.25) is 5.02 Å². The van der Waals surface area contributed by atoms with Gasteiger partial charge in [-0.2, -0.15) is 0 Å². The summed E-state index contributed by atoms with van der Waals surface area (Å²) in [5.41, 5.74) is 6.66. The Kier molecular flexibility index (Phi) is 3.36. The van der Waals surface area contributed by atoms with Crippen LogP contribution >= 0.6 is 22.9 Å². The van der Waals surface area contributed by atoms with Crippen molar-refractivity contribution in [3.63, 3.8) is 0 Å². The standard InChI is InChI=1S/C13H9ClN4O2S/c14-6-1-2-8-9(5-6)21-13(17-8)18-11-10(15)7(12(19)20)3-4-16-11/h1-5H,15H2,(H,19,20)(H,16,17,18). The van der Waals surface area contributed by atoms with Crippen LogP contribution in [0.25, 0.3) is 10.2 Å². The number of aromatic carboxylic acids is 1. The second-order valence-electron chi connectivity index (χ2n) is 4.18. The Labute approximate surface area is 128 Å². The summed E-state index contributed by atoms with van der Waals surface area (Å²) in [5, 5.41) is 13.2. The number of carbonyl (C=O) groups is 1. The molecule has 0 aliphatic carbocycles. The molecule has 4 N–H and O–H groups in total. The van der Waals surface area contributed by atoms with Gasteiger partial charge in [0, 0.05) is 11.2 Å². The highest BCUT2D eigenvalue weighted by Crippen LogP contribution is 2.31. The largest absolute Gasteiger partial charge is 0.478 e. The Bertz CT molecular complexity index is 849. The molecule has 0 radical (unpaired) electrons. The number of thiazole rings is 1. The smallest absolute Gasteiger partial charge is 0.337 e. The molecule has 3 rings (SSSR count). The Morgan fingerprint density at radius 1 is 1.38 bits per heavy atom. The quantitative estimate of drug-likeness (QED) is 0.684. The number of hydrogen-bond acceptors (Lipinski definition) is 6. The summed E-state index contributed by atoms with van der Waals surface area (Å²) < 4.78 is 0.915. The molecule has 0 aliphatic heterocycles. The number of benzene rings is 1. The number of nitrogens with zero attached hydrogens (tertiary/aromatic N) is 2. The van der Waals surface area contributed by atoms with E-state index in [0.717, 1.165) is 10.2 Å². The van der Waals surface area contributed by atoms with E-state index in [1.807, 2.05) is 12.1 Å². The minimum absolute atomic E-state index is 0.00310. The second kappa shape index (κ2) is 5.19. The number of aromatic nitrogens is 2. The van der Waals surface area contributed by atoms with Crippen LogP contribution in [0.4, 0.5) is 16.6 Å². The molecule has 0 fully saturated rings. The number of anilines is 3. The third-order valence-electron chi connectivity index (χ3n) is 2.80. The summed E-state index contributed by atoms with van der Waals surface area (Å²) in [6, 6.07) is 6.72. The van der Waals surface area contributed by atoms with Gasteiger partial charge < -0.3 is 16.2 Å². The monoisotopic (exact) mass is 320 g/mol. The molecular formula is C13H9ClN4O2S. The van der Waals surface area contributed by atoms with Crippen LogP contribution in [-0.2, 0) is 0 Å². The second-order valence-corrected chi connectivity index (χ2v) is 5.65. The molecule has 21 heavy (non-hydrogen) atoms. The zero-order valence-corrected chi connectivity index (χ0v) is 12.1. The van der Waals surface area contributed by atoms with Crippen molar-refractivity contribution in [2.75, 3.05) is 11.1 Å². The molecule has 106 valence electrons. The van der Waals surface area contributed by atoms with E-state index in [9.17, 15) is 4.79 Å². The molecule has 0 bridgehead atoms. The molecule has 6 nitrogen and oxygen atoms in total. The first-order valence-corrected chi connectivity index (χ1v) is 7.05. The number of hydrogen-bond donors (Lipinski definition) is 3. The number of carboxylic acid groups (broad SMARTS) is 1. The third-order valence-corrected chi connectivity index (χ3v) is 3.97. The molecule has 0 atom stereocenters. The fourth-order valence-electron chi connectivity index (χ4n) is 1.81. The van der Waals surface area contributed by atoms with Crippen LogP contribution in [0.5, 0.6) is 0 Å². The molecule has 2 aromatic heterocycles. The van der Waals surface area contributed by atoms with E-state index in [0.29, 0.717) is 10.2 Å². The maximum atomic E-state index is 11.0. The number of nitrogens with two attached hydrogens (primary N) is 1. The van der Waals surface area contributed by atoms with Crippen LogP contribution in [0.1, 0.15) is 10.4 Å². The Balaban J connectivity index is 1.98. The highest BCUT2D eigenvalue weighted by molar-refractivity contribution is 7.22. The lowest BCUT2D eigenvalue weighted by Gasteiger charge is -2.07. The first-order chi connectivity index (χ1) is 10.0. The van der Waals surface area contributed by atoms with Gasteiger partial charge in [0.25, 0.3) is 0 Å². The normalized spacial score (nSPS) is 10.7. The number of carboxylic acids is 1. The van der Waals surface area contributed by atoms with Gasteiger partial charge in [-0.05, 0) is 24.3 Å². The molecule has 0 saturated carbocycles. The Hall–Kier alpha value is -2.38. The summed E-state index contributed by atoms with van der Waals surface area (Å²) in [5.74, 6) is -0.839. The first kappa shape index (κ1) is 13.6. The highest BCUT2D eigenvalue weighted by atomic mass is 35.5. The summed E-state index contributed by atoms with van der Waals surface area (Å²) in [4.78, 5) is 19.5. The van der Waals surface area contributed by atoms with Gasteiger partial charge in [-0.25, -0.2) is 14.8 Å². The molecule has 0 amide bonds. The fourth-order valence-corrected chi connectivity index (χ4v) is 2.95. The van der Waals surface area contributed by atoms with Gasteiger partial charge in [-0.3, -0.25) is 0 Å². The van der Waals surface area contributed by atoms with Crippen molar-refractivity contribution in [3.05, 3.63) is 41.0 Å². The van der Waals surface area contributed by atoms with Gasteiger partial charge in [0.1, 0.15) is 0 Å². The summed E-state index contributed by atoms with van der Waals surface area (Å²) in [6.45, 7) is 0. The lowest BCUT2D eigenvalue weighted by molar-refractivity contribution is 0.0698. The van der Waals surface area contributed by atoms with Gasteiger partial charge in [-0.15, -0.1) is 0 Å². The van der Waals surface area contributed by atoms with Gasteiger partial charge in [0.05, 0.1) is 21.5 Å². The van der Waals surface area contributed by atoms with Crippen LogP contribution in [-0.4, -0.2) is 21.0 Å². The maximum absolute atomic E-state index is 11.0. The summed E-state index contributed by atoms with van der Waals surface area (Å²) in [7, 11) is 0. The average Bonchev–Trinajstić information content (AvgIpc) is 2.82. The van der Waals surface area contributed by atoms with Gasteiger partial charge >= 0.3 is 5.97 Å². The first-order valence-electron chi connectivity index (χ1n) is 5.85. The van der Waals surface area contributed by atoms with Gasteiger partial charge in [0.15, 0.2) is 10.9 Å². The number of fused-ring (bicyclic) bond motifs is 1. The summed E-state index contributed by atoms with van der Waals surface area (Å²) in [6.07, 6.45) is 1.38. The van der Waals surface area contributed by atoms with E-state index < -0.39 is 5.97 Å². The number of nitrogen functional groups attached to an aromatic ring is 1. The van der Waals surface area contributed by atoms with Crippen LogP contribution in [0.3, 0.4) is 0 Å². The zero-order chi connectivity index (χ0) is 15.0. The van der Waals surface area contributed by atoms with E-state index in [-0.39, 0.29) is 17.1 Å². The van der Waals surface area contributed by atoms with Crippen molar-refractivity contribution in [1.82, 2.24) is 9.97 Å². The number of nitrogens with one attached hydrogen (secondary N) is 1. The van der Waals surface area contributed by atoms with Crippen LogP contribution in [0, 0.1) is 0 Å². The zero-order valence-electron chi connectivity index (χ0n) is 10.5. The Morgan fingerprint density at radius 2 is 2.19 bits per heavy atom. The molecule has 8 heteroatoms. The molecule has 0 saturated heterocycles. The van der Waals surface area contributed by atoms with Crippen molar-refractivity contribution in [2.24, 2.45) is 0 Å². The predicted molar refractivity (Wildman–Crippen MR) is 83.5 cm³/mol. The van der Waals surface area contributed by atoms with Crippen LogP contribution in [0.15, 0.2) is 30.5 Å². The minimum Gasteiger partial charge on any atom is -0.478 e. The molecular weight excluding hydrogens is 312 g/mol. The van der Waals surface area contributed by atoms with Gasteiger partial charge in [-0.1, -0.05) is 22.9 Å². The van der Waals surface area contributed by atoms with Crippen molar-refractivity contribution >= 4 is 55.8 Å². The number of pyridine rings is 1. The van der Waals surface area contributed by atoms with E-state index in [1.165, 1.54) is 23.6 Å². The SMILES string of the molecule is Nc1c(C(=O)O)ccnc1Nc1nc2ccc(Cl)cc2s1. The highest BCUT2D eigenvalue weighted by Gasteiger charge is 2.13. The van der Waals surface area contributed by atoms with E-state index in [1.54, 1.807) is 6.07 Å². The number of halogens is 1. The van der Waals surface area contributed by atoms with E-state index >= 15 is 0 Å². The van der Waals surface area contributed by atoms with Crippen LogP contribution < -0.4 is 11.1 Å². The molecule has 2 heterocycles. The van der Waals surface area contributed by atoms with Crippen molar-refractivity contribution < 1.29 is 9.90 Å². The van der Waals surface area contributed by atoms with Gasteiger partial charge in [0.2, 0.25) is 0 Å². The average molecular weight is 321 g/mol. The molecule has 1 aromatic carbocycles. The Morgan fingerprint density at radius 3 is 2.95 bits per heavy atom. The third kappa shape index (κ3) is 2.61. The van der Waals surface area contributed by atoms with Crippen molar-refractivity contribution in [2.45, 2.75) is 0 Å². The lowest BCUT2D eigenvalue weighted by atomic mass is 10.2. The topological polar surface area (TPSA) is 101 Å². The fraction of sp³-hybridized carbons (Fsp3) is 0. The van der Waals surface area contributed by atoms with Crippen molar-refractivity contribution in [3.8, 4) is 0 Å². The molecule has 3 aromatic rings. The summed E-state index contributed by atoms with van der Waals surface area (Å²) >= 11 is 7.31. The van der Waals surface area contributed by atoms with E-state index in [2.05, 4.69) is 15.3 Å². The molecule has 0 aliphatic rings. The predicted octanol–water partition coefficient (Wildman–Crippen LogP) is 3.37. The lowest BCUT2D eigenvalue weighted by Crippen LogP contribution is -2.06. The molecule has 0 spiro atoms. The number of rotatable bonds is 3. The van der Waals surface area contributed by atoms with E-state index in [4.69, 9.17) is 22.4 Å². The maximum Gasteiger partial charge on any atom is 0.337 e. The minimum atomic E-state index is -1.10.